The van der Waals surface area contributed by atoms with Gasteiger partial charge in [-0.25, -0.2) is 0 Å². The molecule has 0 spiro atoms. The van der Waals surface area contributed by atoms with E-state index in [1.165, 1.54) is 24.1 Å². The van der Waals surface area contributed by atoms with E-state index in [1.54, 1.807) is 0 Å². The van der Waals surface area contributed by atoms with Gasteiger partial charge in [0.15, 0.2) is 0 Å². The Morgan fingerprint density at radius 2 is 2.00 bits per heavy atom. The Kier molecular flexibility index (Phi) is 2.12. The summed E-state index contributed by atoms with van der Waals surface area (Å²) in [4.78, 5) is 0. The molecule has 0 radical (unpaired) electrons. The minimum atomic E-state index is 1.37. The van der Waals surface area contributed by atoms with Crippen molar-refractivity contribution in [3.05, 3.63) is 32.2 Å². The first kappa shape index (κ1) is 8.51. The highest BCUT2D eigenvalue weighted by molar-refractivity contribution is 14.1. The lowest BCUT2D eigenvalue weighted by Gasteiger charge is -1.99. The van der Waals surface area contributed by atoms with Crippen molar-refractivity contribution in [2.45, 2.75) is 13.8 Å². The lowest BCUT2D eigenvalue weighted by Crippen LogP contribution is -1.77. The standard InChI is InChI=1S/C10H9IS/c1-6-3-4-8-5-9(11)12-10(8)7(6)2/h3-5H,1-2H3. The second-order valence-corrected chi connectivity index (χ2v) is 5.92. The third-order valence-corrected chi connectivity index (χ3v) is 4.21. The second kappa shape index (κ2) is 3.00. The molecule has 1 aromatic heterocycles. The summed E-state index contributed by atoms with van der Waals surface area (Å²) in [7, 11) is 0. The maximum Gasteiger partial charge on any atom is 0.0666 e. The predicted octanol–water partition coefficient (Wildman–Crippen LogP) is 4.12. The Balaban J connectivity index is 2.89. The van der Waals surface area contributed by atoms with Crippen molar-refractivity contribution in [2.24, 2.45) is 0 Å². The van der Waals surface area contributed by atoms with Crippen LogP contribution in [0.15, 0.2) is 18.2 Å². The van der Waals surface area contributed by atoms with E-state index in [-0.39, 0.29) is 0 Å². The van der Waals surface area contributed by atoms with Gasteiger partial charge in [-0.15, -0.1) is 11.3 Å². The van der Waals surface area contributed by atoms with Gasteiger partial charge in [-0.05, 0) is 59.0 Å². The summed E-state index contributed by atoms with van der Waals surface area (Å²) in [6, 6.07) is 6.64. The molecule has 2 rings (SSSR count). The topological polar surface area (TPSA) is 0 Å². The van der Waals surface area contributed by atoms with Crippen molar-refractivity contribution < 1.29 is 0 Å². The summed E-state index contributed by atoms with van der Waals surface area (Å²) in [6.07, 6.45) is 0. The van der Waals surface area contributed by atoms with Gasteiger partial charge >= 0.3 is 0 Å². The summed E-state index contributed by atoms with van der Waals surface area (Å²) in [6.45, 7) is 4.37. The van der Waals surface area contributed by atoms with Crippen molar-refractivity contribution in [3.8, 4) is 0 Å². The summed E-state index contributed by atoms with van der Waals surface area (Å²) < 4.78 is 2.82. The lowest BCUT2D eigenvalue weighted by molar-refractivity contribution is 1.39. The second-order valence-electron chi connectivity index (χ2n) is 2.98. The molecule has 0 aliphatic rings. The summed E-state index contributed by atoms with van der Waals surface area (Å²) >= 11 is 4.26. The van der Waals surface area contributed by atoms with Crippen molar-refractivity contribution in [2.75, 3.05) is 0 Å². The zero-order chi connectivity index (χ0) is 8.72. The van der Waals surface area contributed by atoms with Crippen LogP contribution in [0, 0.1) is 16.7 Å². The molecule has 2 aromatic rings. The Labute approximate surface area is 89.7 Å². The fourth-order valence-electron chi connectivity index (χ4n) is 1.31. The molecule has 1 aromatic carbocycles. The van der Waals surface area contributed by atoms with Crippen molar-refractivity contribution in [1.82, 2.24) is 0 Å². The quantitative estimate of drug-likeness (QED) is 0.640. The molecule has 62 valence electrons. The summed E-state index contributed by atoms with van der Waals surface area (Å²) in [5.41, 5.74) is 2.82. The van der Waals surface area contributed by atoms with Crippen LogP contribution in [0.5, 0.6) is 0 Å². The predicted molar refractivity (Wildman–Crippen MR) is 64.0 cm³/mol. The number of hydrogen-bond donors (Lipinski definition) is 0. The number of aryl methyl sites for hydroxylation is 2. The van der Waals surface area contributed by atoms with E-state index < -0.39 is 0 Å². The molecular formula is C10H9IS. The largest absolute Gasteiger partial charge is 0.129 e. The van der Waals surface area contributed by atoms with Gasteiger partial charge in [0.1, 0.15) is 0 Å². The molecule has 0 aliphatic carbocycles. The van der Waals surface area contributed by atoms with E-state index in [2.05, 4.69) is 54.6 Å². The first-order chi connectivity index (χ1) is 5.68. The molecule has 0 aliphatic heterocycles. The average Bonchev–Trinajstić information content (AvgIpc) is 2.39. The third kappa shape index (κ3) is 1.27. The molecule has 0 saturated heterocycles. The Morgan fingerprint density at radius 3 is 2.75 bits per heavy atom. The molecule has 0 atom stereocenters. The van der Waals surface area contributed by atoms with Gasteiger partial charge in [-0.3, -0.25) is 0 Å². The van der Waals surface area contributed by atoms with Gasteiger partial charge in [0, 0.05) is 4.70 Å². The fraction of sp³-hybridized carbons (Fsp3) is 0.200. The van der Waals surface area contributed by atoms with E-state index in [4.69, 9.17) is 0 Å². The highest BCUT2D eigenvalue weighted by atomic mass is 127. The van der Waals surface area contributed by atoms with Crippen LogP contribution in [0.2, 0.25) is 0 Å². The van der Waals surface area contributed by atoms with Crippen LogP contribution >= 0.6 is 33.9 Å². The molecular weight excluding hydrogens is 279 g/mol. The number of halogens is 1. The van der Waals surface area contributed by atoms with Gasteiger partial charge < -0.3 is 0 Å². The van der Waals surface area contributed by atoms with Gasteiger partial charge in [0.2, 0.25) is 0 Å². The maximum absolute atomic E-state index is 2.38. The van der Waals surface area contributed by atoms with Gasteiger partial charge in [0.05, 0.1) is 2.88 Å². The SMILES string of the molecule is Cc1ccc2cc(I)sc2c1C. The Bertz CT molecular complexity index is 429. The third-order valence-electron chi connectivity index (χ3n) is 2.18. The van der Waals surface area contributed by atoms with Crippen molar-refractivity contribution >= 4 is 44.0 Å². The minimum absolute atomic E-state index is 1.37. The first-order valence-electron chi connectivity index (χ1n) is 3.84. The van der Waals surface area contributed by atoms with E-state index in [1.807, 2.05) is 11.3 Å². The molecule has 0 saturated carbocycles. The zero-order valence-corrected chi connectivity index (χ0v) is 9.99. The van der Waals surface area contributed by atoms with Crippen LogP contribution in [0.3, 0.4) is 0 Å². The number of thiophene rings is 1. The molecule has 0 amide bonds. The van der Waals surface area contributed by atoms with E-state index >= 15 is 0 Å². The smallest absolute Gasteiger partial charge is 0.0666 e. The van der Waals surface area contributed by atoms with Gasteiger partial charge in [-0.1, -0.05) is 12.1 Å². The Morgan fingerprint density at radius 1 is 1.25 bits per heavy atom. The van der Waals surface area contributed by atoms with Crippen molar-refractivity contribution in [3.63, 3.8) is 0 Å². The molecule has 0 unspecified atom stereocenters. The van der Waals surface area contributed by atoms with E-state index in [9.17, 15) is 0 Å². The molecule has 1 heterocycles. The van der Waals surface area contributed by atoms with E-state index in [0.717, 1.165) is 0 Å². The molecule has 0 bridgehead atoms. The number of hydrogen-bond acceptors (Lipinski definition) is 1. The molecule has 0 nitrogen and oxygen atoms in total. The molecule has 12 heavy (non-hydrogen) atoms. The van der Waals surface area contributed by atoms with Crippen LogP contribution in [0.25, 0.3) is 10.1 Å². The van der Waals surface area contributed by atoms with Crippen LogP contribution in [-0.2, 0) is 0 Å². The number of fused-ring (bicyclic) bond motifs is 1. The van der Waals surface area contributed by atoms with Crippen LogP contribution in [-0.4, -0.2) is 0 Å². The van der Waals surface area contributed by atoms with Crippen LogP contribution in [0.4, 0.5) is 0 Å². The first-order valence-corrected chi connectivity index (χ1v) is 5.73. The average molecular weight is 288 g/mol. The monoisotopic (exact) mass is 288 g/mol. The number of benzene rings is 1. The van der Waals surface area contributed by atoms with Crippen LogP contribution < -0.4 is 0 Å². The molecule has 2 heteroatoms. The van der Waals surface area contributed by atoms with Crippen molar-refractivity contribution in [1.29, 1.82) is 0 Å². The lowest BCUT2D eigenvalue weighted by atomic mass is 10.1. The van der Waals surface area contributed by atoms with Crippen LogP contribution in [0.1, 0.15) is 11.1 Å². The normalized spacial score (nSPS) is 10.9. The number of rotatable bonds is 0. The minimum Gasteiger partial charge on any atom is -0.129 e. The maximum atomic E-state index is 2.38. The summed E-state index contributed by atoms with van der Waals surface area (Å²) in [5.74, 6) is 0. The fourth-order valence-corrected chi connectivity index (χ4v) is 3.25. The highest BCUT2D eigenvalue weighted by Gasteiger charge is 2.03. The van der Waals surface area contributed by atoms with Gasteiger partial charge in [0.25, 0.3) is 0 Å². The molecule has 0 fully saturated rings. The highest BCUT2D eigenvalue weighted by Crippen LogP contribution is 2.30. The molecule has 0 N–H and O–H groups in total. The van der Waals surface area contributed by atoms with Gasteiger partial charge in [-0.2, -0.15) is 0 Å². The summed E-state index contributed by atoms with van der Waals surface area (Å²) in [5, 5.41) is 1.38. The van der Waals surface area contributed by atoms with E-state index in [0.29, 0.717) is 0 Å². The zero-order valence-electron chi connectivity index (χ0n) is 7.02. The Hall–Kier alpha value is -0.0900.